The molecule has 0 fully saturated rings. The van der Waals surface area contributed by atoms with Crippen molar-refractivity contribution in [2.24, 2.45) is 21.8 Å². The molecule has 0 saturated heterocycles. The second kappa shape index (κ2) is 21.5. The zero-order valence-electron chi connectivity index (χ0n) is 23.9. The first-order valence-corrected chi connectivity index (χ1v) is 15.8. The van der Waals surface area contributed by atoms with E-state index in [1.54, 1.807) is 0 Å². The summed E-state index contributed by atoms with van der Waals surface area (Å²) in [5.41, 5.74) is 1.47. The largest absolute Gasteiger partial charge is 0.244 e. The summed E-state index contributed by atoms with van der Waals surface area (Å²) >= 11 is 0. The Morgan fingerprint density at radius 3 is 1.53 bits per heavy atom. The van der Waals surface area contributed by atoms with Crippen molar-refractivity contribution in [3.05, 3.63) is 42.1 Å². The number of rotatable bonds is 24. The second-order valence-electron chi connectivity index (χ2n) is 11.2. The molecule has 202 valence electrons. The van der Waals surface area contributed by atoms with Crippen LogP contribution in [0.2, 0.25) is 0 Å². The summed E-state index contributed by atoms with van der Waals surface area (Å²) in [5, 5.41) is 0. The average molecular weight is 494 g/mol. The predicted octanol–water partition coefficient (Wildman–Crippen LogP) is 10.9. The minimum Gasteiger partial charge on any atom is -0.0965 e. The van der Waals surface area contributed by atoms with E-state index in [4.69, 9.17) is 0 Å². The molecule has 1 aromatic rings. The molecule has 0 N–H and O–H groups in total. The Hall–Kier alpha value is -1.57. The molecular weight excluding hydrogens is 436 g/mol. The maximum absolute atomic E-state index is 4.67. The number of hydrogen-bond donors (Lipinski definition) is 0. The van der Waals surface area contributed by atoms with Crippen LogP contribution in [0.5, 0.6) is 0 Å². The molecule has 0 radical (unpaired) electrons. The van der Waals surface area contributed by atoms with E-state index in [0.717, 1.165) is 12.6 Å². The highest BCUT2D eigenvalue weighted by Gasteiger charge is 2.35. The molecule has 0 aliphatic carbocycles. The van der Waals surface area contributed by atoms with Gasteiger partial charge in [-0.3, -0.25) is 0 Å². The third kappa shape index (κ3) is 14.2. The van der Waals surface area contributed by atoms with Crippen molar-refractivity contribution in [2.45, 2.75) is 149 Å². The van der Waals surface area contributed by atoms with Crippen LogP contribution in [0, 0.1) is 18.0 Å². The van der Waals surface area contributed by atoms with Gasteiger partial charge in [-0.1, -0.05) is 170 Å². The molecule has 2 rings (SSSR count). The third-order valence-corrected chi connectivity index (χ3v) is 8.02. The van der Waals surface area contributed by atoms with Crippen LogP contribution in [0.25, 0.3) is 0 Å². The predicted molar refractivity (Wildman–Crippen MR) is 161 cm³/mol. The number of aliphatic imine (C=N–C) groups is 2. The van der Waals surface area contributed by atoms with Gasteiger partial charge in [0.05, 0.1) is 5.92 Å². The molecular formula is C34H57N2+. The Morgan fingerprint density at radius 1 is 0.556 bits per heavy atom. The molecule has 2 unspecified atom stereocenters. The summed E-state index contributed by atoms with van der Waals surface area (Å²) in [6.07, 6.45) is 33.9. The van der Waals surface area contributed by atoms with Gasteiger partial charge in [-0.2, -0.15) is 0 Å². The van der Waals surface area contributed by atoms with Crippen LogP contribution < -0.4 is 0 Å². The van der Waals surface area contributed by atoms with Gasteiger partial charge in [0.25, 0.3) is 0 Å². The molecule has 0 spiro atoms. The minimum absolute atomic E-state index is 0.499. The molecule has 2 heteroatoms. The van der Waals surface area contributed by atoms with Crippen molar-refractivity contribution in [1.29, 1.82) is 0 Å². The smallest absolute Gasteiger partial charge is 0.0965 e. The standard InChI is InChI=1S/C34H57N2/c1-3-5-7-8-9-10-11-12-13-14-15-16-17-18-23-26-32(30-31-24-21-19-22-25-31)33(27-20-6-4-2)34-35-28-29-36-34/h19,21-22,24-25,28-29,32-33H,3-18,20,23,26-27,30H2,1-2H3/q+1. The lowest BCUT2D eigenvalue weighted by atomic mass is 9.78. The first-order valence-electron chi connectivity index (χ1n) is 15.8. The third-order valence-electron chi connectivity index (χ3n) is 8.02. The number of unbranched alkanes of at least 4 members (excludes halogenated alkanes) is 16. The molecule has 1 heterocycles. The number of benzene rings is 1. The van der Waals surface area contributed by atoms with Crippen molar-refractivity contribution in [3.63, 3.8) is 0 Å². The van der Waals surface area contributed by atoms with Gasteiger partial charge in [-0.25, -0.2) is 0 Å². The highest BCUT2D eigenvalue weighted by Crippen LogP contribution is 2.36. The lowest BCUT2D eigenvalue weighted by Crippen LogP contribution is -2.22. The zero-order chi connectivity index (χ0) is 25.5. The van der Waals surface area contributed by atoms with E-state index in [1.807, 2.05) is 12.4 Å². The highest BCUT2D eigenvalue weighted by molar-refractivity contribution is 6.18. The topological polar surface area (TPSA) is 24.7 Å². The first-order chi connectivity index (χ1) is 17.8. The zero-order valence-corrected chi connectivity index (χ0v) is 23.9. The van der Waals surface area contributed by atoms with Crippen LogP contribution in [0.3, 0.4) is 0 Å². The Balaban J connectivity index is 1.64. The summed E-state index contributed by atoms with van der Waals surface area (Å²) in [6, 6.07) is 11.1. The summed E-state index contributed by atoms with van der Waals surface area (Å²) in [5.74, 6) is 1.15. The van der Waals surface area contributed by atoms with Crippen molar-refractivity contribution in [1.82, 2.24) is 0 Å². The Bertz CT molecular complexity index is 653. The Morgan fingerprint density at radius 2 is 1.00 bits per heavy atom. The van der Waals surface area contributed by atoms with Crippen LogP contribution in [0.1, 0.15) is 148 Å². The van der Waals surface area contributed by atoms with Gasteiger partial charge in [0, 0.05) is 0 Å². The van der Waals surface area contributed by atoms with Gasteiger partial charge in [-0.05, 0) is 30.7 Å². The molecule has 0 saturated carbocycles. The lowest BCUT2D eigenvalue weighted by molar-refractivity contribution is 0.284. The second-order valence-corrected chi connectivity index (χ2v) is 11.2. The van der Waals surface area contributed by atoms with E-state index in [2.05, 4.69) is 54.2 Å². The molecule has 0 aromatic heterocycles. The van der Waals surface area contributed by atoms with Crippen LogP contribution in [-0.2, 0) is 6.42 Å². The number of hydrogen-bond acceptors (Lipinski definition) is 2. The normalized spacial score (nSPS) is 14.6. The van der Waals surface area contributed by atoms with Gasteiger partial charge in [0.15, 0.2) is 12.4 Å². The van der Waals surface area contributed by atoms with E-state index in [9.17, 15) is 0 Å². The Kier molecular flexibility index (Phi) is 18.3. The van der Waals surface area contributed by atoms with Crippen LogP contribution in [0.15, 0.2) is 40.3 Å². The summed E-state index contributed by atoms with van der Waals surface area (Å²) in [6.45, 7) is 4.60. The van der Waals surface area contributed by atoms with E-state index in [0.29, 0.717) is 11.8 Å². The fourth-order valence-corrected chi connectivity index (χ4v) is 5.77. The van der Waals surface area contributed by atoms with Crippen LogP contribution >= 0.6 is 0 Å². The van der Waals surface area contributed by atoms with E-state index >= 15 is 0 Å². The fraction of sp³-hybridized carbons (Fsp3) is 0.735. The summed E-state index contributed by atoms with van der Waals surface area (Å²) < 4.78 is 0. The van der Waals surface area contributed by atoms with E-state index < -0.39 is 0 Å². The molecule has 2 nitrogen and oxygen atoms in total. The summed E-state index contributed by atoms with van der Waals surface area (Å²) in [4.78, 5) is 9.34. The maximum atomic E-state index is 4.67. The lowest BCUT2D eigenvalue weighted by Gasteiger charge is -2.26. The van der Waals surface area contributed by atoms with Crippen molar-refractivity contribution < 1.29 is 0 Å². The summed E-state index contributed by atoms with van der Waals surface area (Å²) in [7, 11) is 0. The SMILES string of the molecule is CCCCCCCCCCCCCCCCCC(Cc1ccccc1)C(CCCCC)[C+]1N=CC=N1. The quantitative estimate of drug-likeness (QED) is 0.101. The van der Waals surface area contributed by atoms with Gasteiger partial charge >= 0.3 is 0 Å². The van der Waals surface area contributed by atoms with E-state index in [-0.39, 0.29) is 0 Å². The molecule has 2 atom stereocenters. The molecule has 1 aliphatic heterocycles. The molecule has 0 bridgehead atoms. The van der Waals surface area contributed by atoms with Gasteiger partial charge in [0.2, 0.25) is 6.17 Å². The van der Waals surface area contributed by atoms with Crippen molar-refractivity contribution in [3.8, 4) is 0 Å². The Labute approximate surface area is 224 Å². The first kappa shape index (κ1) is 30.7. The van der Waals surface area contributed by atoms with Crippen LogP contribution in [-0.4, -0.2) is 12.4 Å². The number of nitrogens with zero attached hydrogens (tertiary/aromatic N) is 2. The molecule has 0 amide bonds. The van der Waals surface area contributed by atoms with Gasteiger partial charge in [0.1, 0.15) is 0 Å². The highest BCUT2D eigenvalue weighted by atomic mass is 15.0. The van der Waals surface area contributed by atoms with E-state index in [1.165, 1.54) is 134 Å². The minimum atomic E-state index is 0.499. The maximum Gasteiger partial charge on any atom is 0.244 e. The monoisotopic (exact) mass is 493 g/mol. The van der Waals surface area contributed by atoms with Crippen molar-refractivity contribution >= 4 is 12.4 Å². The molecule has 1 aliphatic rings. The molecule has 1 aromatic carbocycles. The molecule has 36 heavy (non-hydrogen) atoms. The fourth-order valence-electron chi connectivity index (χ4n) is 5.77. The average Bonchev–Trinajstić information content (AvgIpc) is 3.44. The van der Waals surface area contributed by atoms with Gasteiger partial charge < -0.3 is 0 Å². The van der Waals surface area contributed by atoms with Crippen LogP contribution in [0.4, 0.5) is 0 Å². The van der Waals surface area contributed by atoms with Crippen molar-refractivity contribution in [2.75, 3.05) is 0 Å². The van der Waals surface area contributed by atoms with Gasteiger partial charge in [-0.15, -0.1) is 0 Å².